The monoisotopic (exact) mass is 396 g/mol. The molecular weight excluding hydrogens is 376 g/mol. The van der Waals surface area contributed by atoms with Crippen LogP contribution in [0.15, 0.2) is 47.6 Å². The number of rotatable bonds is 7. The molecule has 0 bridgehead atoms. The Balaban J connectivity index is 1.75. The highest BCUT2D eigenvalue weighted by atomic mass is 16.5. The van der Waals surface area contributed by atoms with Crippen LogP contribution in [-0.4, -0.2) is 48.8 Å². The summed E-state index contributed by atoms with van der Waals surface area (Å²) in [6.07, 6.45) is 1.32. The number of H-pyrrole nitrogens is 1. The fourth-order valence-corrected chi connectivity index (χ4v) is 2.62. The van der Waals surface area contributed by atoms with E-state index in [4.69, 9.17) is 14.2 Å². The second-order valence-corrected chi connectivity index (χ2v) is 5.83. The minimum Gasteiger partial charge on any atom is -0.504 e. The van der Waals surface area contributed by atoms with Gasteiger partial charge in [0.15, 0.2) is 11.5 Å². The Bertz CT molecular complexity index is 1050. The number of hydrogen-bond acceptors (Lipinski definition) is 7. The van der Waals surface area contributed by atoms with E-state index in [2.05, 4.69) is 20.7 Å². The van der Waals surface area contributed by atoms with Gasteiger partial charge in [0.05, 0.1) is 33.2 Å². The van der Waals surface area contributed by atoms with Gasteiger partial charge in [-0.3, -0.25) is 9.89 Å². The summed E-state index contributed by atoms with van der Waals surface area (Å²) in [7, 11) is 4.56. The van der Waals surface area contributed by atoms with Crippen LogP contribution in [0.1, 0.15) is 16.1 Å². The number of aromatic hydroxyl groups is 1. The first-order chi connectivity index (χ1) is 14.1. The normalized spacial score (nSPS) is 10.7. The molecule has 29 heavy (non-hydrogen) atoms. The highest BCUT2D eigenvalue weighted by Crippen LogP contribution is 2.32. The summed E-state index contributed by atoms with van der Waals surface area (Å²) in [5.74, 6) is 0.977. The lowest BCUT2D eigenvalue weighted by atomic mass is 10.1. The predicted octanol–water partition coefficient (Wildman–Crippen LogP) is 2.57. The van der Waals surface area contributed by atoms with Gasteiger partial charge in [0.2, 0.25) is 0 Å². The van der Waals surface area contributed by atoms with E-state index in [0.29, 0.717) is 34.1 Å². The third-order valence-corrected chi connectivity index (χ3v) is 4.12. The first kappa shape index (κ1) is 19.7. The Morgan fingerprint density at radius 2 is 1.90 bits per heavy atom. The first-order valence-electron chi connectivity index (χ1n) is 8.54. The molecule has 9 nitrogen and oxygen atoms in total. The minimum absolute atomic E-state index is 0.0676. The molecule has 0 radical (unpaired) electrons. The predicted molar refractivity (Wildman–Crippen MR) is 107 cm³/mol. The third-order valence-electron chi connectivity index (χ3n) is 4.12. The van der Waals surface area contributed by atoms with Crippen LogP contribution in [0.25, 0.3) is 11.3 Å². The molecule has 0 atom stereocenters. The van der Waals surface area contributed by atoms with Crippen molar-refractivity contribution in [2.45, 2.75) is 0 Å². The van der Waals surface area contributed by atoms with Crippen LogP contribution in [-0.2, 0) is 0 Å². The molecule has 3 N–H and O–H groups in total. The van der Waals surface area contributed by atoms with Gasteiger partial charge in [-0.15, -0.1) is 0 Å². The molecular formula is C20H20N4O5. The Morgan fingerprint density at radius 1 is 1.10 bits per heavy atom. The van der Waals surface area contributed by atoms with Crippen molar-refractivity contribution in [2.75, 3.05) is 21.3 Å². The van der Waals surface area contributed by atoms with Gasteiger partial charge in [-0.1, -0.05) is 6.07 Å². The molecule has 3 rings (SSSR count). The van der Waals surface area contributed by atoms with Crippen molar-refractivity contribution in [1.82, 2.24) is 15.6 Å². The number of aromatic nitrogens is 2. The van der Waals surface area contributed by atoms with Crippen LogP contribution in [0, 0.1) is 0 Å². The molecule has 150 valence electrons. The maximum Gasteiger partial charge on any atom is 0.289 e. The van der Waals surface area contributed by atoms with Gasteiger partial charge < -0.3 is 19.3 Å². The Hall–Kier alpha value is -4.01. The average Bonchev–Trinajstić information content (AvgIpc) is 3.24. The van der Waals surface area contributed by atoms with Crippen LogP contribution >= 0.6 is 0 Å². The highest BCUT2D eigenvalue weighted by molar-refractivity contribution is 5.94. The molecule has 1 aromatic heterocycles. The topological polar surface area (TPSA) is 118 Å². The molecule has 9 heteroatoms. The number of hydrazone groups is 1. The third kappa shape index (κ3) is 4.29. The van der Waals surface area contributed by atoms with Crippen LogP contribution in [0.4, 0.5) is 0 Å². The number of phenolic OH excluding ortho intramolecular Hbond substituents is 1. The van der Waals surface area contributed by atoms with E-state index in [9.17, 15) is 9.90 Å². The van der Waals surface area contributed by atoms with Gasteiger partial charge in [-0.2, -0.15) is 10.2 Å². The number of amides is 1. The molecule has 0 aliphatic rings. The van der Waals surface area contributed by atoms with Crippen LogP contribution in [0.5, 0.6) is 23.0 Å². The summed E-state index contributed by atoms with van der Waals surface area (Å²) in [5.41, 5.74) is 4.17. The van der Waals surface area contributed by atoms with E-state index in [1.54, 1.807) is 56.7 Å². The summed E-state index contributed by atoms with van der Waals surface area (Å²) >= 11 is 0. The van der Waals surface area contributed by atoms with E-state index < -0.39 is 5.91 Å². The number of para-hydroxylation sites is 1. The average molecular weight is 396 g/mol. The maximum atomic E-state index is 12.3. The van der Waals surface area contributed by atoms with Crippen LogP contribution in [0.2, 0.25) is 0 Å². The highest BCUT2D eigenvalue weighted by Gasteiger charge is 2.15. The van der Waals surface area contributed by atoms with Gasteiger partial charge in [-0.05, 0) is 36.4 Å². The fraction of sp³-hybridized carbons (Fsp3) is 0.150. The number of benzene rings is 2. The molecule has 0 aliphatic heterocycles. The zero-order chi connectivity index (χ0) is 20.8. The van der Waals surface area contributed by atoms with Crippen molar-refractivity contribution in [3.05, 3.63) is 53.7 Å². The van der Waals surface area contributed by atoms with Crippen LogP contribution in [0.3, 0.4) is 0 Å². The second kappa shape index (κ2) is 8.79. The van der Waals surface area contributed by atoms with Gasteiger partial charge in [0, 0.05) is 11.1 Å². The van der Waals surface area contributed by atoms with Crippen LogP contribution < -0.4 is 19.6 Å². The lowest BCUT2D eigenvalue weighted by Crippen LogP contribution is -2.18. The molecule has 3 aromatic rings. The molecule has 0 saturated carbocycles. The summed E-state index contributed by atoms with van der Waals surface area (Å²) in [4.78, 5) is 12.3. The lowest BCUT2D eigenvalue weighted by Gasteiger charge is -2.08. The minimum atomic E-state index is -0.496. The maximum absolute atomic E-state index is 12.3. The number of hydrogen-bond donors (Lipinski definition) is 3. The molecule has 0 aliphatic carbocycles. The zero-order valence-corrected chi connectivity index (χ0v) is 16.1. The zero-order valence-electron chi connectivity index (χ0n) is 16.1. The van der Waals surface area contributed by atoms with Crippen molar-refractivity contribution in [3.63, 3.8) is 0 Å². The summed E-state index contributed by atoms with van der Waals surface area (Å²) < 4.78 is 15.6. The summed E-state index contributed by atoms with van der Waals surface area (Å²) in [6, 6.07) is 11.8. The van der Waals surface area contributed by atoms with E-state index in [1.165, 1.54) is 13.3 Å². The molecule has 0 saturated heterocycles. The number of aromatic amines is 1. The van der Waals surface area contributed by atoms with E-state index in [1.807, 2.05) is 0 Å². The van der Waals surface area contributed by atoms with E-state index >= 15 is 0 Å². The number of nitrogens with zero attached hydrogens (tertiary/aromatic N) is 2. The van der Waals surface area contributed by atoms with Crippen molar-refractivity contribution in [1.29, 1.82) is 0 Å². The number of carbonyl (C=O) groups excluding carboxylic acids is 1. The number of methoxy groups -OCH3 is 3. The standard InChI is InChI=1S/C20H20N4O5/c1-27-13-7-8-17(28-2)14(9-13)15-10-16(23-22-15)20(26)24-21-11-12-5-4-6-18(29-3)19(12)25/h4-11,25H,1-3H3,(H,22,23)(H,24,26)/b21-11+. The Kier molecular flexibility index (Phi) is 5.98. The van der Waals surface area contributed by atoms with Gasteiger partial charge >= 0.3 is 0 Å². The molecule has 0 unspecified atom stereocenters. The summed E-state index contributed by atoms with van der Waals surface area (Å²) in [6.45, 7) is 0. The first-order valence-corrected chi connectivity index (χ1v) is 8.54. The number of carbonyl (C=O) groups is 1. The summed E-state index contributed by atoms with van der Waals surface area (Å²) in [5, 5.41) is 20.7. The molecule has 1 amide bonds. The smallest absolute Gasteiger partial charge is 0.289 e. The largest absolute Gasteiger partial charge is 0.504 e. The number of ether oxygens (including phenoxy) is 3. The van der Waals surface area contributed by atoms with E-state index in [0.717, 1.165) is 0 Å². The SMILES string of the molecule is COc1ccc(OC)c(-c2cc(C(=O)N/N=C/c3cccc(OC)c3O)[nH]n2)c1. The van der Waals surface area contributed by atoms with Gasteiger partial charge in [0.1, 0.15) is 17.2 Å². The van der Waals surface area contributed by atoms with Gasteiger partial charge in [0.25, 0.3) is 5.91 Å². The van der Waals surface area contributed by atoms with Crippen molar-refractivity contribution >= 4 is 12.1 Å². The number of nitrogens with one attached hydrogen (secondary N) is 2. The molecule has 0 fully saturated rings. The molecule has 0 spiro atoms. The fourth-order valence-electron chi connectivity index (χ4n) is 2.62. The van der Waals surface area contributed by atoms with Crippen molar-refractivity contribution < 1.29 is 24.1 Å². The molecule has 2 aromatic carbocycles. The van der Waals surface area contributed by atoms with Crippen molar-refractivity contribution in [3.8, 4) is 34.3 Å². The Labute approximate surface area is 166 Å². The second-order valence-electron chi connectivity index (χ2n) is 5.83. The Morgan fingerprint density at radius 3 is 2.62 bits per heavy atom. The van der Waals surface area contributed by atoms with E-state index in [-0.39, 0.29) is 11.4 Å². The quantitative estimate of drug-likeness (QED) is 0.417. The van der Waals surface area contributed by atoms with Crippen molar-refractivity contribution in [2.24, 2.45) is 5.10 Å². The van der Waals surface area contributed by atoms with Gasteiger partial charge in [-0.25, -0.2) is 5.43 Å². The molecule has 1 heterocycles. The lowest BCUT2D eigenvalue weighted by molar-refractivity contribution is 0.0950. The number of phenols is 1.